The maximum Gasteiger partial charge on any atom is 0.336 e. The molecule has 0 fully saturated rings. The molecule has 25 heavy (non-hydrogen) atoms. The third kappa shape index (κ3) is 2.96. The summed E-state index contributed by atoms with van der Waals surface area (Å²) in [7, 11) is -2.28. The van der Waals surface area contributed by atoms with E-state index >= 15 is 0 Å². The first-order valence-corrected chi connectivity index (χ1v) is 9.07. The first kappa shape index (κ1) is 17.0. The molecule has 0 aliphatic rings. The van der Waals surface area contributed by atoms with Crippen LogP contribution in [0.25, 0.3) is 10.8 Å². The number of aryl methyl sites for hydroxylation is 1. The van der Waals surface area contributed by atoms with Gasteiger partial charge in [0.15, 0.2) is 0 Å². The quantitative estimate of drug-likeness (QED) is 0.775. The Kier molecular flexibility index (Phi) is 4.22. The fourth-order valence-electron chi connectivity index (χ4n) is 2.74. The molecule has 6 heteroatoms. The molecule has 3 aromatic carbocycles. The number of carboxylic acids is 1. The highest BCUT2D eigenvalue weighted by molar-refractivity contribution is 7.92. The van der Waals surface area contributed by atoms with Gasteiger partial charge in [-0.2, -0.15) is 0 Å². The molecule has 0 aliphatic carbocycles. The molecular weight excluding hydrogens is 338 g/mol. The van der Waals surface area contributed by atoms with Crippen molar-refractivity contribution in [2.24, 2.45) is 0 Å². The predicted octanol–water partition coefficient (Wildman–Crippen LogP) is 3.67. The minimum atomic E-state index is -3.75. The van der Waals surface area contributed by atoms with Gasteiger partial charge in [-0.25, -0.2) is 13.2 Å². The normalized spacial score (nSPS) is 11.4. The molecule has 0 amide bonds. The monoisotopic (exact) mass is 355 g/mol. The zero-order chi connectivity index (χ0) is 18.2. The van der Waals surface area contributed by atoms with Crippen LogP contribution in [0.3, 0.4) is 0 Å². The van der Waals surface area contributed by atoms with Gasteiger partial charge in [0.1, 0.15) is 0 Å². The van der Waals surface area contributed by atoms with Crippen LogP contribution in [-0.2, 0) is 10.0 Å². The van der Waals surface area contributed by atoms with Gasteiger partial charge in [0.25, 0.3) is 10.0 Å². The smallest absolute Gasteiger partial charge is 0.336 e. The van der Waals surface area contributed by atoms with Crippen LogP contribution in [0.15, 0.2) is 65.6 Å². The van der Waals surface area contributed by atoms with Crippen LogP contribution in [0.1, 0.15) is 15.9 Å². The Labute approximate surface area is 146 Å². The Morgan fingerprint density at radius 3 is 2.12 bits per heavy atom. The minimum Gasteiger partial charge on any atom is -0.478 e. The van der Waals surface area contributed by atoms with Crippen LogP contribution in [0.2, 0.25) is 0 Å². The van der Waals surface area contributed by atoms with Crippen molar-refractivity contribution in [2.75, 3.05) is 11.4 Å². The Morgan fingerprint density at radius 2 is 1.52 bits per heavy atom. The second-order valence-electron chi connectivity index (χ2n) is 5.77. The molecule has 0 spiro atoms. The van der Waals surface area contributed by atoms with E-state index < -0.39 is 16.0 Å². The summed E-state index contributed by atoms with van der Waals surface area (Å²) in [6.07, 6.45) is 0. The zero-order valence-electron chi connectivity index (χ0n) is 13.8. The number of aromatic carboxylic acids is 1. The first-order chi connectivity index (χ1) is 11.8. The van der Waals surface area contributed by atoms with Gasteiger partial charge in [-0.05, 0) is 36.6 Å². The standard InChI is InChI=1S/C19H17NO4S/c1-13-7-9-14(10-8-13)25(23,24)20(2)18-12-11-17(19(21)22)15-5-3-4-6-16(15)18/h3-12H,1-2H3,(H,21,22). The summed E-state index contributed by atoms with van der Waals surface area (Å²) in [5, 5.41) is 10.4. The average Bonchev–Trinajstić information content (AvgIpc) is 2.60. The summed E-state index contributed by atoms with van der Waals surface area (Å²) in [6, 6.07) is 16.4. The van der Waals surface area contributed by atoms with Crippen LogP contribution in [0.5, 0.6) is 0 Å². The molecule has 3 rings (SSSR count). The van der Waals surface area contributed by atoms with Crippen LogP contribution < -0.4 is 4.31 Å². The van der Waals surface area contributed by atoms with Crippen molar-refractivity contribution in [3.05, 3.63) is 71.8 Å². The van der Waals surface area contributed by atoms with E-state index in [1.807, 2.05) is 6.92 Å². The van der Waals surface area contributed by atoms with E-state index in [2.05, 4.69) is 0 Å². The van der Waals surface area contributed by atoms with Gasteiger partial charge >= 0.3 is 5.97 Å². The van der Waals surface area contributed by atoms with Crippen molar-refractivity contribution in [1.82, 2.24) is 0 Å². The summed E-state index contributed by atoms with van der Waals surface area (Å²) >= 11 is 0. The number of hydrogen-bond acceptors (Lipinski definition) is 3. The number of carbonyl (C=O) groups is 1. The molecule has 3 aromatic rings. The van der Waals surface area contributed by atoms with Crippen LogP contribution in [0, 0.1) is 6.92 Å². The Balaban J connectivity index is 2.18. The van der Waals surface area contributed by atoms with Crippen LogP contribution in [0.4, 0.5) is 5.69 Å². The lowest BCUT2D eigenvalue weighted by Crippen LogP contribution is -2.26. The maximum atomic E-state index is 12.9. The van der Waals surface area contributed by atoms with Gasteiger partial charge in [0.05, 0.1) is 16.1 Å². The van der Waals surface area contributed by atoms with E-state index in [0.717, 1.165) is 5.56 Å². The summed E-state index contributed by atoms with van der Waals surface area (Å²) in [5.41, 5.74) is 1.54. The fraction of sp³-hybridized carbons (Fsp3) is 0.105. The molecule has 0 heterocycles. The van der Waals surface area contributed by atoms with Crippen molar-refractivity contribution in [1.29, 1.82) is 0 Å². The number of nitrogens with zero attached hydrogens (tertiary/aromatic N) is 1. The Bertz CT molecular complexity index is 1060. The summed E-state index contributed by atoms with van der Waals surface area (Å²) in [6.45, 7) is 1.89. The third-order valence-corrected chi connectivity index (χ3v) is 5.94. The number of sulfonamides is 1. The first-order valence-electron chi connectivity index (χ1n) is 7.63. The highest BCUT2D eigenvalue weighted by Crippen LogP contribution is 2.32. The van der Waals surface area contributed by atoms with Crippen LogP contribution in [-0.4, -0.2) is 26.5 Å². The van der Waals surface area contributed by atoms with Crippen molar-refractivity contribution in [3.63, 3.8) is 0 Å². The number of rotatable bonds is 4. The molecule has 0 atom stereocenters. The lowest BCUT2D eigenvalue weighted by atomic mass is 10.0. The lowest BCUT2D eigenvalue weighted by molar-refractivity contribution is 0.0699. The summed E-state index contributed by atoms with van der Waals surface area (Å²) < 4.78 is 27.0. The summed E-state index contributed by atoms with van der Waals surface area (Å²) in [5.74, 6) is -1.05. The molecule has 0 radical (unpaired) electrons. The maximum absolute atomic E-state index is 12.9. The van der Waals surface area contributed by atoms with Gasteiger partial charge in [0, 0.05) is 12.4 Å². The van der Waals surface area contributed by atoms with Gasteiger partial charge < -0.3 is 5.11 Å². The van der Waals surface area contributed by atoms with Crippen molar-refractivity contribution in [2.45, 2.75) is 11.8 Å². The predicted molar refractivity (Wildman–Crippen MR) is 97.7 cm³/mol. The van der Waals surface area contributed by atoms with E-state index in [4.69, 9.17) is 0 Å². The highest BCUT2D eigenvalue weighted by atomic mass is 32.2. The van der Waals surface area contributed by atoms with E-state index in [-0.39, 0.29) is 10.5 Å². The van der Waals surface area contributed by atoms with Gasteiger partial charge in [-0.3, -0.25) is 4.31 Å². The number of carboxylic acid groups (broad SMARTS) is 1. The molecule has 128 valence electrons. The molecule has 0 saturated carbocycles. The Morgan fingerprint density at radius 1 is 0.920 bits per heavy atom. The molecule has 0 unspecified atom stereocenters. The van der Waals surface area contributed by atoms with Gasteiger partial charge in [-0.15, -0.1) is 0 Å². The van der Waals surface area contributed by atoms with Crippen molar-refractivity contribution >= 4 is 32.5 Å². The fourth-order valence-corrected chi connectivity index (χ4v) is 3.96. The van der Waals surface area contributed by atoms with Crippen molar-refractivity contribution in [3.8, 4) is 0 Å². The molecule has 0 aromatic heterocycles. The number of benzene rings is 3. The van der Waals surface area contributed by atoms with E-state index in [0.29, 0.717) is 16.5 Å². The third-order valence-electron chi connectivity index (χ3n) is 4.15. The SMILES string of the molecule is Cc1ccc(S(=O)(=O)N(C)c2ccc(C(=O)O)c3ccccc23)cc1. The second-order valence-corrected chi connectivity index (χ2v) is 7.74. The van der Waals surface area contributed by atoms with E-state index in [1.165, 1.54) is 23.5 Å². The summed E-state index contributed by atoms with van der Waals surface area (Å²) in [4.78, 5) is 11.6. The molecule has 0 bridgehead atoms. The second kappa shape index (κ2) is 6.22. The molecule has 1 N–H and O–H groups in total. The lowest BCUT2D eigenvalue weighted by Gasteiger charge is -2.22. The molecule has 0 aliphatic heterocycles. The number of hydrogen-bond donors (Lipinski definition) is 1. The Hall–Kier alpha value is -2.86. The van der Waals surface area contributed by atoms with E-state index in [9.17, 15) is 18.3 Å². The molecular formula is C19H17NO4S. The minimum absolute atomic E-state index is 0.139. The molecule has 0 saturated heterocycles. The number of anilines is 1. The van der Waals surface area contributed by atoms with Gasteiger partial charge in [0.2, 0.25) is 0 Å². The number of fused-ring (bicyclic) bond motifs is 1. The average molecular weight is 355 g/mol. The van der Waals surface area contributed by atoms with Gasteiger partial charge in [-0.1, -0.05) is 42.0 Å². The largest absolute Gasteiger partial charge is 0.478 e. The highest BCUT2D eigenvalue weighted by Gasteiger charge is 2.23. The van der Waals surface area contributed by atoms with Crippen molar-refractivity contribution < 1.29 is 18.3 Å². The topological polar surface area (TPSA) is 74.7 Å². The van der Waals surface area contributed by atoms with Crippen LogP contribution >= 0.6 is 0 Å². The zero-order valence-corrected chi connectivity index (χ0v) is 14.6. The molecule has 5 nitrogen and oxygen atoms in total. The van der Waals surface area contributed by atoms with E-state index in [1.54, 1.807) is 48.5 Å².